The van der Waals surface area contributed by atoms with Crippen LogP contribution in [0.15, 0.2) is 78.9 Å². The highest BCUT2D eigenvalue weighted by Crippen LogP contribution is 2.36. The zero-order valence-electron chi connectivity index (χ0n) is 15.0. The third-order valence-corrected chi connectivity index (χ3v) is 4.42. The van der Waals surface area contributed by atoms with Crippen molar-refractivity contribution in [3.05, 3.63) is 95.6 Å². The summed E-state index contributed by atoms with van der Waals surface area (Å²) in [7, 11) is 0. The van der Waals surface area contributed by atoms with Gasteiger partial charge in [-0.05, 0) is 28.8 Å². The van der Waals surface area contributed by atoms with E-state index in [4.69, 9.17) is 4.74 Å². The first-order chi connectivity index (χ1) is 13.7. The van der Waals surface area contributed by atoms with Gasteiger partial charge in [0, 0.05) is 0 Å². The van der Waals surface area contributed by atoms with Crippen molar-refractivity contribution in [3.8, 4) is 0 Å². The molecule has 0 aromatic heterocycles. The Morgan fingerprint density at radius 1 is 0.750 bits per heavy atom. The highest BCUT2D eigenvalue weighted by Gasteiger charge is 2.25. The number of urea groups is 1. The van der Waals surface area contributed by atoms with E-state index < -0.39 is 12.1 Å². The summed E-state index contributed by atoms with van der Waals surface area (Å²) < 4.78 is 5.18. The molecule has 1 N–H and O–H groups in total. The van der Waals surface area contributed by atoms with Gasteiger partial charge in [0.1, 0.15) is 6.61 Å². The summed E-state index contributed by atoms with van der Waals surface area (Å²) in [5.74, 6) is 0. The fourth-order valence-corrected chi connectivity index (χ4v) is 3.09. The van der Waals surface area contributed by atoms with E-state index in [0.717, 1.165) is 16.7 Å². The minimum Gasteiger partial charge on any atom is -0.444 e. The van der Waals surface area contributed by atoms with Crippen LogP contribution >= 0.6 is 0 Å². The van der Waals surface area contributed by atoms with Crippen molar-refractivity contribution >= 4 is 35.7 Å². The summed E-state index contributed by atoms with van der Waals surface area (Å²) in [6.45, 7) is 0.0919. The van der Waals surface area contributed by atoms with Gasteiger partial charge in [0.25, 0.3) is 0 Å². The number of hydrogen-bond donors (Lipinski definition) is 1. The van der Waals surface area contributed by atoms with Crippen LogP contribution < -0.4 is 10.2 Å². The summed E-state index contributed by atoms with van der Waals surface area (Å²) in [4.78, 5) is 26.7. The highest BCUT2D eigenvalue weighted by molar-refractivity contribution is 6.09. The number of benzene rings is 3. The van der Waals surface area contributed by atoms with Crippen LogP contribution in [0.25, 0.3) is 12.2 Å². The lowest BCUT2D eigenvalue weighted by Crippen LogP contribution is -2.41. The van der Waals surface area contributed by atoms with Crippen LogP contribution in [0.5, 0.6) is 0 Å². The maximum Gasteiger partial charge on any atom is 0.415 e. The van der Waals surface area contributed by atoms with Gasteiger partial charge in [-0.2, -0.15) is 0 Å². The van der Waals surface area contributed by atoms with Gasteiger partial charge in [0.2, 0.25) is 0 Å². The van der Waals surface area contributed by atoms with Gasteiger partial charge in [0.15, 0.2) is 0 Å². The third-order valence-electron chi connectivity index (χ3n) is 4.42. The van der Waals surface area contributed by atoms with Crippen LogP contribution in [0.3, 0.4) is 0 Å². The van der Waals surface area contributed by atoms with Crippen LogP contribution in [0.2, 0.25) is 0 Å². The predicted molar refractivity (Wildman–Crippen MR) is 109 cm³/mol. The standard InChI is InChI=1S/C23H18N2O3/c26-22(24-23(27)28-16-17-8-2-1-3-9-17)25-20-12-6-4-10-18(20)14-15-19-11-5-7-13-21(19)25/h1-15H,16H2,(H,24,26,27). The van der Waals surface area contributed by atoms with Crippen molar-refractivity contribution in [2.24, 2.45) is 0 Å². The van der Waals surface area contributed by atoms with Gasteiger partial charge in [0.05, 0.1) is 11.4 Å². The lowest BCUT2D eigenvalue weighted by molar-refractivity contribution is 0.141. The maximum atomic E-state index is 13.0. The first kappa shape index (κ1) is 17.5. The minimum absolute atomic E-state index is 0.0919. The molecule has 0 unspecified atom stereocenters. The van der Waals surface area contributed by atoms with E-state index in [9.17, 15) is 9.59 Å². The molecule has 1 aliphatic heterocycles. The molecule has 4 rings (SSSR count). The van der Waals surface area contributed by atoms with E-state index >= 15 is 0 Å². The van der Waals surface area contributed by atoms with Crippen LogP contribution in [0.1, 0.15) is 16.7 Å². The summed E-state index contributed by atoms with van der Waals surface area (Å²) in [6, 6.07) is 23.8. The number of rotatable bonds is 2. The average molecular weight is 370 g/mol. The molecule has 0 bridgehead atoms. The van der Waals surface area contributed by atoms with Crippen molar-refractivity contribution in [2.45, 2.75) is 6.61 Å². The monoisotopic (exact) mass is 370 g/mol. The Balaban J connectivity index is 1.56. The number of nitrogens with zero attached hydrogens (tertiary/aromatic N) is 1. The number of imide groups is 1. The van der Waals surface area contributed by atoms with Crippen molar-refractivity contribution in [1.29, 1.82) is 0 Å². The molecule has 0 atom stereocenters. The number of carbonyl (C=O) groups is 2. The Hall–Kier alpha value is -3.86. The molecule has 1 aliphatic rings. The first-order valence-corrected chi connectivity index (χ1v) is 8.90. The Kier molecular flexibility index (Phi) is 4.89. The van der Waals surface area contributed by atoms with Gasteiger partial charge in [-0.3, -0.25) is 4.90 Å². The molecule has 0 radical (unpaired) electrons. The van der Waals surface area contributed by atoms with E-state index in [1.807, 2.05) is 91.0 Å². The van der Waals surface area contributed by atoms with Gasteiger partial charge in [-0.15, -0.1) is 0 Å². The molecular formula is C23H18N2O3. The number of anilines is 2. The van der Waals surface area contributed by atoms with Crippen molar-refractivity contribution in [2.75, 3.05) is 4.90 Å². The topological polar surface area (TPSA) is 58.6 Å². The predicted octanol–water partition coefficient (Wildman–Crippen LogP) is 5.35. The van der Waals surface area contributed by atoms with Crippen LogP contribution in [0.4, 0.5) is 21.0 Å². The van der Waals surface area contributed by atoms with Crippen LogP contribution in [0, 0.1) is 0 Å². The molecular weight excluding hydrogens is 352 g/mol. The van der Waals surface area contributed by atoms with E-state index in [-0.39, 0.29) is 6.61 Å². The molecule has 0 aliphatic carbocycles. The maximum absolute atomic E-state index is 13.0. The Morgan fingerprint density at radius 2 is 1.29 bits per heavy atom. The molecule has 3 aromatic carbocycles. The molecule has 3 amide bonds. The van der Waals surface area contributed by atoms with Crippen LogP contribution in [-0.2, 0) is 11.3 Å². The zero-order chi connectivity index (χ0) is 19.3. The largest absolute Gasteiger partial charge is 0.444 e. The lowest BCUT2D eigenvalue weighted by atomic mass is 10.1. The number of fused-ring (bicyclic) bond motifs is 2. The van der Waals surface area contributed by atoms with E-state index in [1.54, 1.807) is 0 Å². The number of alkyl carbamates (subject to hydrolysis) is 1. The van der Waals surface area contributed by atoms with Crippen molar-refractivity contribution in [1.82, 2.24) is 5.32 Å². The van der Waals surface area contributed by atoms with E-state index in [2.05, 4.69) is 5.32 Å². The number of carbonyl (C=O) groups excluding carboxylic acids is 2. The second kappa shape index (κ2) is 7.80. The first-order valence-electron chi connectivity index (χ1n) is 8.90. The second-order valence-corrected chi connectivity index (χ2v) is 6.28. The summed E-state index contributed by atoms with van der Waals surface area (Å²) in [5.41, 5.74) is 3.99. The molecule has 5 nitrogen and oxygen atoms in total. The van der Waals surface area contributed by atoms with Gasteiger partial charge >= 0.3 is 12.1 Å². The quantitative estimate of drug-likeness (QED) is 0.661. The molecule has 0 saturated heterocycles. The summed E-state index contributed by atoms with van der Waals surface area (Å²) in [5, 5.41) is 2.33. The number of hydrogen-bond acceptors (Lipinski definition) is 3. The Morgan fingerprint density at radius 3 is 1.89 bits per heavy atom. The molecule has 0 fully saturated rings. The SMILES string of the molecule is O=C(NC(=O)N1c2ccccc2C=Cc2ccccc21)OCc1ccccc1. The zero-order valence-corrected chi connectivity index (χ0v) is 15.0. The molecule has 0 spiro atoms. The number of amides is 3. The molecule has 0 saturated carbocycles. The fraction of sp³-hybridized carbons (Fsp3) is 0.0435. The van der Waals surface area contributed by atoms with E-state index in [1.165, 1.54) is 4.90 Å². The highest BCUT2D eigenvalue weighted by atomic mass is 16.5. The molecule has 3 aromatic rings. The third kappa shape index (κ3) is 3.64. The minimum atomic E-state index is -0.791. The fourth-order valence-electron chi connectivity index (χ4n) is 3.09. The van der Waals surface area contributed by atoms with Crippen LogP contribution in [-0.4, -0.2) is 12.1 Å². The van der Waals surface area contributed by atoms with Crippen molar-refractivity contribution < 1.29 is 14.3 Å². The van der Waals surface area contributed by atoms with Gasteiger partial charge < -0.3 is 4.74 Å². The van der Waals surface area contributed by atoms with E-state index in [0.29, 0.717) is 11.4 Å². The smallest absolute Gasteiger partial charge is 0.415 e. The molecule has 28 heavy (non-hydrogen) atoms. The van der Waals surface area contributed by atoms with Gasteiger partial charge in [-0.1, -0.05) is 78.9 Å². The summed E-state index contributed by atoms with van der Waals surface area (Å²) >= 11 is 0. The second-order valence-electron chi connectivity index (χ2n) is 6.28. The van der Waals surface area contributed by atoms with Crippen molar-refractivity contribution in [3.63, 3.8) is 0 Å². The number of ether oxygens (including phenoxy) is 1. The normalized spacial score (nSPS) is 11.8. The Labute approximate surface area is 162 Å². The number of nitrogens with one attached hydrogen (secondary N) is 1. The molecule has 138 valence electrons. The van der Waals surface area contributed by atoms with Gasteiger partial charge in [-0.25, -0.2) is 14.9 Å². The average Bonchev–Trinajstić information content (AvgIpc) is 2.90. The lowest BCUT2D eigenvalue weighted by Gasteiger charge is -2.24. The number of para-hydroxylation sites is 2. The molecule has 1 heterocycles. The molecule has 5 heteroatoms. The summed E-state index contributed by atoms with van der Waals surface area (Å²) in [6.07, 6.45) is 3.12. The Bertz CT molecular complexity index is 995.